The minimum absolute atomic E-state index is 0.193. The van der Waals surface area contributed by atoms with E-state index < -0.39 is 0 Å². The molecule has 0 bridgehead atoms. The SMILES string of the molecule is Nc1nonc1-c1nc2cc3c(cc2[nH]1)OCCCO3. The van der Waals surface area contributed by atoms with E-state index in [1.165, 1.54) is 0 Å². The fourth-order valence-corrected chi connectivity index (χ4v) is 2.14. The lowest BCUT2D eigenvalue weighted by Crippen LogP contribution is -1.97. The molecule has 0 amide bonds. The molecular formula is C12H11N5O3. The molecule has 0 spiro atoms. The average molecular weight is 273 g/mol. The maximum atomic E-state index is 5.66. The number of hydrogen-bond acceptors (Lipinski definition) is 7. The van der Waals surface area contributed by atoms with Crippen LogP contribution in [0.2, 0.25) is 0 Å². The number of imidazole rings is 1. The topological polar surface area (TPSA) is 112 Å². The fourth-order valence-electron chi connectivity index (χ4n) is 2.14. The zero-order valence-electron chi connectivity index (χ0n) is 10.4. The van der Waals surface area contributed by atoms with Gasteiger partial charge in [0.05, 0.1) is 24.2 Å². The van der Waals surface area contributed by atoms with Gasteiger partial charge in [-0.05, 0) is 10.3 Å². The van der Waals surface area contributed by atoms with E-state index in [1.807, 2.05) is 12.1 Å². The molecule has 8 heteroatoms. The van der Waals surface area contributed by atoms with Crippen LogP contribution in [0.5, 0.6) is 11.5 Å². The number of aromatic nitrogens is 4. The van der Waals surface area contributed by atoms with Gasteiger partial charge in [-0.2, -0.15) is 0 Å². The molecule has 8 nitrogen and oxygen atoms in total. The van der Waals surface area contributed by atoms with Gasteiger partial charge in [0.15, 0.2) is 28.8 Å². The van der Waals surface area contributed by atoms with Gasteiger partial charge in [-0.1, -0.05) is 0 Å². The molecule has 1 aliphatic heterocycles. The van der Waals surface area contributed by atoms with E-state index in [-0.39, 0.29) is 5.82 Å². The third-order valence-electron chi connectivity index (χ3n) is 3.09. The van der Waals surface area contributed by atoms with Gasteiger partial charge in [0, 0.05) is 18.6 Å². The zero-order chi connectivity index (χ0) is 13.5. The molecule has 0 saturated carbocycles. The first kappa shape index (κ1) is 11.1. The molecule has 0 atom stereocenters. The first-order valence-electron chi connectivity index (χ1n) is 6.19. The second-order valence-corrected chi connectivity index (χ2v) is 4.45. The molecule has 0 saturated heterocycles. The number of nitrogen functional groups attached to an aromatic ring is 1. The number of ether oxygens (including phenoxy) is 2. The Hall–Kier alpha value is -2.77. The maximum absolute atomic E-state index is 5.66. The van der Waals surface area contributed by atoms with E-state index in [0.29, 0.717) is 36.2 Å². The van der Waals surface area contributed by atoms with E-state index >= 15 is 0 Å². The molecule has 20 heavy (non-hydrogen) atoms. The number of nitrogens with one attached hydrogen (secondary N) is 1. The van der Waals surface area contributed by atoms with Crippen molar-refractivity contribution < 1.29 is 14.1 Å². The molecule has 0 radical (unpaired) electrons. The van der Waals surface area contributed by atoms with Crippen LogP contribution in [0.4, 0.5) is 5.82 Å². The minimum Gasteiger partial charge on any atom is -0.489 e. The smallest absolute Gasteiger partial charge is 0.199 e. The molecule has 3 aromatic rings. The Morgan fingerprint density at radius 3 is 2.65 bits per heavy atom. The van der Waals surface area contributed by atoms with Crippen LogP contribution in [0.3, 0.4) is 0 Å². The third kappa shape index (κ3) is 1.65. The van der Waals surface area contributed by atoms with E-state index in [2.05, 4.69) is 24.9 Å². The Morgan fingerprint density at radius 1 is 1.10 bits per heavy atom. The van der Waals surface area contributed by atoms with Crippen LogP contribution in [-0.2, 0) is 0 Å². The van der Waals surface area contributed by atoms with E-state index in [4.69, 9.17) is 15.2 Å². The fraction of sp³-hybridized carbons (Fsp3) is 0.250. The summed E-state index contributed by atoms with van der Waals surface area (Å²) in [6, 6.07) is 3.69. The molecule has 3 heterocycles. The first-order chi connectivity index (χ1) is 9.81. The van der Waals surface area contributed by atoms with Crippen molar-refractivity contribution in [3.8, 4) is 23.0 Å². The number of nitrogens with zero attached hydrogens (tertiary/aromatic N) is 3. The molecule has 0 aliphatic carbocycles. The van der Waals surface area contributed by atoms with Crippen molar-refractivity contribution in [3.05, 3.63) is 12.1 Å². The molecule has 1 aliphatic rings. The number of rotatable bonds is 1. The summed E-state index contributed by atoms with van der Waals surface area (Å²) in [6.45, 7) is 1.27. The minimum atomic E-state index is 0.193. The van der Waals surface area contributed by atoms with Gasteiger partial charge in [-0.15, -0.1) is 0 Å². The van der Waals surface area contributed by atoms with Crippen molar-refractivity contribution in [2.45, 2.75) is 6.42 Å². The summed E-state index contributed by atoms with van der Waals surface area (Å²) in [5.41, 5.74) is 7.60. The molecule has 2 aromatic heterocycles. The second-order valence-electron chi connectivity index (χ2n) is 4.45. The summed E-state index contributed by atoms with van der Waals surface area (Å²) >= 11 is 0. The lowest BCUT2D eigenvalue weighted by molar-refractivity contribution is 0.297. The second kappa shape index (κ2) is 4.12. The molecule has 4 rings (SSSR count). The van der Waals surface area contributed by atoms with Gasteiger partial charge in [-0.3, -0.25) is 0 Å². The van der Waals surface area contributed by atoms with Crippen LogP contribution in [0, 0.1) is 0 Å². The van der Waals surface area contributed by atoms with Crippen molar-refractivity contribution in [3.63, 3.8) is 0 Å². The lowest BCUT2D eigenvalue weighted by Gasteiger charge is -2.05. The van der Waals surface area contributed by atoms with Crippen molar-refractivity contribution in [1.82, 2.24) is 20.3 Å². The van der Waals surface area contributed by atoms with Gasteiger partial charge < -0.3 is 20.2 Å². The molecule has 0 fully saturated rings. The quantitative estimate of drug-likeness (QED) is 0.688. The summed E-state index contributed by atoms with van der Waals surface area (Å²) in [5.74, 6) is 2.09. The van der Waals surface area contributed by atoms with Crippen molar-refractivity contribution >= 4 is 16.9 Å². The molecular weight excluding hydrogens is 262 g/mol. The number of fused-ring (bicyclic) bond motifs is 2. The Balaban J connectivity index is 1.86. The molecule has 0 unspecified atom stereocenters. The van der Waals surface area contributed by atoms with Gasteiger partial charge in [0.2, 0.25) is 0 Å². The Bertz CT molecular complexity index is 736. The van der Waals surface area contributed by atoms with Crippen LogP contribution in [-0.4, -0.2) is 33.5 Å². The van der Waals surface area contributed by atoms with E-state index in [0.717, 1.165) is 17.5 Å². The highest BCUT2D eigenvalue weighted by molar-refractivity contribution is 5.83. The van der Waals surface area contributed by atoms with Crippen LogP contribution in [0.1, 0.15) is 6.42 Å². The normalized spacial score (nSPS) is 14.4. The average Bonchev–Trinajstić information content (AvgIpc) is 2.96. The summed E-state index contributed by atoms with van der Waals surface area (Å²) < 4.78 is 15.8. The van der Waals surface area contributed by atoms with Crippen molar-refractivity contribution in [2.24, 2.45) is 0 Å². The Kier molecular flexibility index (Phi) is 2.28. The summed E-state index contributed by atoms with van der Waals surface area (Å²) in [4.78, 5) is 7.54. The van der Waals surface area contributed by atoms with Crippen LogP contribution in [0.25, 0.3) is 22.6 Å². The van der Waals surface area contributed by atoms with Gasteiger partial charge in [-0.25, -0.2) is 9.61 Å². The molecule has 3 N–H and O–H groups in total. The highest BCUT2D eigenvalue weighted by Gasteiger charge is 2.17. The van der Waals surface area contributed by atoms with E-state index in [9.17, 15) is 0 Å². The van der Waals surface area contributed by atoms with Gasteiger partial charge in [0.25, 0.3) is 0 Å². The van der Waals surface area contributed by atoms with Crippen LogP contribution >= 0.6 is 0 Å². The summed E-state index contributed by atoms with van der Waals surface area (Å²) in [7, 11) is 0. The first-order valence-corrected chi connectivity index (χ1v) is 6.19. The highest BCUT2D eigenvalue weighted by atomic mass is 16.6. The summed E-state index contributed by atoms with van der Waals surface area (Å²) in [5, 5.41) is 7.26. The highest BCUT2D eigenvalue weighted by Crippen LogP contribution is 2.34. The number of nitrogens with two attached hydrogens (primary N) is 1. The predicted octanol–water partition coefficient (Wildman–Crippen LogP) is 1.36. The van der Waals surface area contributed by atoms with Crippen LogP contribution < -0.4 is 15.2 Å². The Labute approximate surface area is 112 Å². The predicted molar refractivity (Wildman–Crippen MR) is 69.4 cm³/mol. The molecule has 1 aromatic carbocycles. The van der Waals surface area contributed by atoms with Crippen LogP contribution in [0.15, 0.2) is 16.8 Å². The summed E-state index contributed by atoms with van der Waals surface area (Å²) in [6.07, 6.45) is 0.864. The lowest BCUT2D eigenvalue weighted by atomic mass is 10.3. The largest absolute Gasteiger partial charge is 0.489 e. The third-order valence-corrected chi connectivity index (χ3v) is 3.09. The molecule has 102 valence electrons. The number of benzene rings is 1. The zero-order valence-corrected chi connectivity index (χ0v) is 10.4. The maximum Gasteiger partial charge on any atom is 0.199 e. The number of anilines is 1. The number of aromatic amines is 1. The number of hydrogen-bond donors (Lipinski definition) is 2. The van der Waals surface area contributed by atoms with Crippen molar-refractivity contribution in [1.29, 1.82) is 0 Å². The standard InChI is InChI=1S/C12H11N5O3/c13-11-10(16-20-17-11)12-14-6-4-8-9(5-7(6)15-12)19-3-1-2-18-8/h4-5H,1-3H2,(H2,13,17)(H,14,15). The van der Waals surface area contributed by atoms with Crippen molar-refractivity contribution in [2.75, 3.05) is 18.9 Å². The number of H-pyrrole nitrogens is 1. The van der Waals surface area contributed by atoms with Gasteiger partial charge >= 0.3 is 0 Å². The van der Waals surface area contributed by atoms with E-state index in [1.54, 1.807) is 0 Å². The van der Waals surface area contributed by atoms with Gasteiger partial charge in [0.1, 0.15) is 0 Å². The monoisotopic (exact) mass is 273 g/mol. The Morgan fingerprint density at radius 2 is 1.90 bits per heavy atom.